The second-order valence-corrected chi connectivity index (χ2v) is 33.4. The van der Waals surface area contributed by atoms with Gasteiger partial charge in [0.2, 0.25) is 29.5 Å². The zero-order valence-electron chi connectivity index (χ0n) is 65.7. The minimum Gasteiger partial charge on any atom is -0.462 e. The van der Waals surface area contributed by atoms with Gasteiger partial charge in [0, 0.05) is 132 Å². The van der Waals surface area contributed by atoms with Gasteiger partial charge in [0.1, 0.15) is 11.6 Å². The number of aliphatic imine (C=N–C) groups is 3. The molecule has 4 fully saturated rings. The molecule has 9 rings (SSSR count). The number of hydrogen-bond acceptors (Lipinski definition) is 27. The number of fused-ring (bicyclic) bond motifs is 3. The van der Waals surface area contributed by atoms with Gasteiger partial charge in [-0.05, 0) is 146 Å². The third kappa shape index (κ3) is 33.5. The van der Waals surface area contributed by atoms with E-state index in [-0.39, 0.29) is 96.0 Å². The lowest BCUT2D eigenvalue weighted by molar-refractivity contribution is -0.197. The number of amides is 8. The van der Waals surface area contributed by atoms with Crippen LogP contribution in [0.3, 0.4) is 0 Å². The topological polar surface area (TPSA) is 490 Å². The van der Waals surface area contributed by atoms with E-state index in [1.54, 1.807) is 48.3 Å². The van der Waals surface area contributed by atoms with Crippen LogP contribution in [0.1, 0.15) is 246 Å². The van der Waals surface area contributed by atoms with Crippen molar-refractivity contribution in [2.45, 2.75) is 283 Å². The molecule has 0 aliphatic carbocycles. The summed E-state index contributed by atoms with van der Waals surface area (Å²) in [5.74, 6) is -1.40. The van der Waals surface area contributed by atoms with Crippen LogP contribution in [0.25, 0.3) is 0 Å². The fourth-order valence-corrected chi connectivity index (χ4v) is 18.7. The van der Waals surface area contributed by atoms with E-state index in [1.807, 2.05) is 23.5 Å². The van der Waals surface area contributed by atoms with Crippen molar-refractivity contribution in [1.29, 1.82) is 0 Å². The van der Waals surface area contributed by atoms with Crippen molar-refractivity contribution in [3.63, 3.8) is 0 Å². The summed E-state index contributed by atoms with van der Waals surface area (Å²) in [5, 5.41) is 23.8. The number of carbonyl (C=O) groups is 12. The van der Waals surface area contributed by atoms with Gasteiger partial charge in [-0.2, -0.15) is 48.5 Å². The quantitative estimate of drug-likeness (QED) is 0.0167. The van der Waals surface area contributed by atoms with Gasteiger partial charge in [-0.15, -0.1) is 5.06 Å². The maximum atomic E-state index is 12.7. The Morgan fingerprint density at radius 1 is 0.470 bits per heavy atom. The van der Waals surface area contributed by atoms with Crippen LogP contribution in [0.4, 0.5) is 35.9 Å². The monoisotopic (exact) mass is 1670 g/mol. The van der Waals surface area contributed by atoms with Crippen molar-refractivity contribution in [1.82, 2.24) is 26.3 Å². The van der Waals surface area contributed by atoms with Crippen molar-refractivity contribution in [2.75, 3.05) is 58.2 Å². The summed E-state index contributed by atoms with van der Waals surface area (Å²) >= 11 is 5.53. The van der Waals surface area contributed by atoms with Crippen molar-refractivity contribution >= 4 is 147 Å². The fraction of sp³-hybridized carbons (Fsp3) is 0.654. The molecule has 0 aromatic heterocycles. The Hall–Kier alpha value is -8.55. The highest BCUT2D eigenvalue weighted by Gasteiger charge is 2.45. The Morgan fingerprint density at radius 2 is 0.817 bits per heavy atom. The molecule has 4 saturated heterocycles. The molecule has 8 amide bonds. The molecule has 9 atom stereocenters. The highest BCUT2D eigenvalue weighted by Crippen LogP contribution is 2.38. The molecule has 31 nitrogen and oxygen atoms in total. The summed E-state index contributed by atoms with van der Waals surface area (Å²) < 4.78 is 42.0. The van der Waals surface area contributed by atoms with Crippen molar-refractivity contribution in [2.24, 2.45) is 43.6 Å². The smallest absolute Gasteiger partial charge is 0.462 e. The number of carbonyl (C=O) groups excluding carboxylic acids is 12. The van der Waals surface area contributed by atoms with Crippen LogP contribution in [0, 0.1) is 0 Å². The molecule has 0 spiro atoms. The first-order valence-electron chi connectivity index (χ1n) is 40.4. The van der Waals surface area contributed by atoms with Gasteiger partial charge in [0.25, 0.3) is 11.8 Å². The Kier molecular flexibility index (Phi) is 40.3. The third-order valence-electron chi connectivity index (χ3n) is 20.1. The molecule has 37 heteroatoms. The number of primary amides is 1. The number of ether oxygens (including phenoxy) is 1. The largest absolute Gasteiger partial charge is 0.471 e. The van der Waals surface area contributed by atoms with Crippen LogP contribution in [0.15, 0.2) is 51.4 Å². The molecule has 115 heavy (non-hydrogen) atoms. The number of thioether (sulfide) groups is 3. The van der Waals surface area contributed by atoms with Gasteiger partial charge in [-0.3, -0.25) is 53.3 Å². The molecule has 18 N–H and O–H groups in total. The SMILES string of the molecule is CCOC(=O)c1cc(NC(=O)CCCCCN)cc(NC(=O)CCCCCN)c1.NC(=O)c1cc(NC(=O)CCCCCCC(=O)CCCC[C@@H]2SC[C@@H]3NC(N)=N[C@@H]32)cc(NC(=O)CCCCCCC(=O)CCCC[C@@H]2SC[C@@H]3NC(N)=N[C@@H]32)c1.O=C(CCCC[C@@H]1SC[C@@H]2NC(NC(=O)C(F)(F)F)=N[C@@H]21)ON1C(=O)CCC1=O. The molecule has 2 aromatic carbocycles. The number of imide groups is 1. The number of alkyl halides is 3. The number of anilines is 4. The third-order valence-corrected chi connectivity index (χ3v) is 24.6. The number of halogens is 3. The van der Waals surface area contributed by atoms with E-state index in [9.17, 15) is 70.7 Å². The fourth-order valence-electron chi connectivity index (χ4n) is 14.2. The molecule has 0 unspecified atom stereocenters. The molecule has 7 aliphatic heterocycles. The number of nitrogens with zero attached hydrogens (tertiary/aromatic N) is 4. The zero-order valence-corrected chi connectivity index (χ0v) is 68.1. The number of hydrogen-bond donors (Lipinski definition) is 13. The summed E-state index contributed by atoms with van der Waals surface area (Å²) in [6.07, 6.45) is 18.1. The minimum atomic E-state index is -4.98. The molecular weight excluding hydrogens is 1550 g/mol. The van der Waals surface area contributed by atoms with Crippen molar-refractivity contribution < 1.29 is 80.3 Å². The number of benzene rings is 2. The van der Waals surface area contributed by atoms with E-state index in [2.05, 4.69) is 52.2 Å². The molecule has 7 aliphatic rings. The van der Waals surface area contributed by atoms with E-state index in [1.165, 1.54) is 12.1 Å². The summed E-state index contributed by atoms with van der Waals surface area (Å²) in [7, 11) is 0. The Labute approximate surface area is 682 Å². The first-order chi connectivity index (χ1) is 55.2. The average molecular weight is 1670 g/mol. The second-order valence-electron chi connectivity index (χ2n) is 29.6. The molecule has 2 aromatic rings. The number of esters is 1. The standard InChI is InChI=1S/C41H63N9O5S2.C21H34N4O4.C16H19F3N4O5S/c42-39(55)26-21-27(45-35(53)19-7-3-1-5-13-29(51)15-9-11-17-33-37-31(24-56-33)47-40(43)49-37)23-28(22-26)46-36(54)20-8-4-2-6-14-30(52)16-10-12-18-34-38-32(25-57-34)48-41(44)50-38;1-2-29-21(28)16-13-17(24-19(26)9-5-3-7-11-22)15-18(14-16)25-20(27)10-6-4-8-12-23;17-16(18,19)14(27)22-15-20-8-7-29-9(13(8)21-15)3-1-2-4-12(26)28-23-10(24)5-6-11(23)25/h21-23,31-34,37-38H,1-20,24-25H2,(H2,42,55)(H,45,53)(H,46,54)(H3,43,47,49)(H3,44,48,50);13-15H,2-12,22-23H2,1H3,(H,24,26)(H,25,27);8-9,13H,1-7H2,(H2,20,21,22,27)/t31-,32-,33-,34-,37-,38-;;8-,9-,13-/m0.0/s1. The van der Waals surface area contributed by atoms with Crippen molar-refractivity contribution in [3.05, 3.63) is 47.5 Å². The average Bonchev–Trinajstić information content (AvgIpc) is 1.68. The Bertz CT molecular complexity index is 3580. The molecular formula is C78H116F3N17O14S3. The van der Waals surface area contributed by atoms with Gasteiger partial charge < -0.3 is 75.5 Å². The van der Waals surface area contributed by atoms with Crippen molar-refractivity contribution in [3.8, 4) is 0 Å². The molecule has 0 bridgehead atoms. The number of nitrogens with two attached hydrogens (primary N) is 5. The predicted molar refractivity (Wildman–Crippen MR) is 441 cm³/mol. The molecule has 7 heterocycles. The van der Waals surface area contributed by atoms with Gasteiger partial charge in [0.15, 0.2) is 17.9 Å². The van der Waals surface area contributed by atoms with E-state index >= 15 is 0 Å². The lowest BCUT2D eigenvalue weighted by Gasteiger charge is -2.15. The molecule has 0 radical (unpaired) electrons. The van der Waals surface area contributed by atoms with Gasteiger partial charge >= 0.3 is 24.0 Å². The van der Waals surface area contributed by atoms with Crippen LogP contribution in [-0.2, 0) is 57.5 Å². The maximum absolute atomic E-state index is 12.7. The first kappa shape index (κ1) is 93.6. The van der Waals surface area contributed by atoms with E-state index in [0.717, 1.165) is 127 Å². The number of guanidine groups is 3. The second kappa shape index (κ2) is 49.5. The van der Waals surface area contributed by atoms with Crippen LogP contribution in [0.5, 0.6) is 0 Å². The number of unbranched alkanes of at least 4 members (excludes halogenated alkanes) is 13. The highest BCUT2D eigenvalue weighted by atomic mass is 32.2. The highest BCUT2D eigenvalue weighted by molar-refractivity contribution is 8.00. The lowest BCUT2D eigenvalue weighted by atomic mass is 10.0. The van der Waals surface area contributed by atoms with Crippen LogP contribution >= 0.6 is 35.3 Å². The van der Waals surface area contributed by atoms with E-state index in [4.69, 9.17) is 38.2 Å². The Morgan fingerprint density at radius 3 is 1.19 bits per heavy atom. The number of hydroxylamine groups is 2. The number of ketones is 2. The normalized spacial score (nSPS) is 20.7. The van der Waals surface area contributed by atoms with E-state index < -0.39 is 41.7 Å². The summed E-state index contributed by atoms with van der Waals surface area (Å²) in [5.41, 5.74) is 30.2. The van der Waals surface area contributed by atoms with Crippen LogP contribution in [-0.4, -0.2) is 189 Å². The lowest BCUT2D eigenvalue weighted by Crippen LogP contribution is -2.47. The summed E-state index contributed by atoms with van der Waals surface area (Å²) in [6, 6.07) is 10.2. The van der Waals surface area contributed by atoms with Gasteiger partial charge in [-0.25, -0.2) is 24.6 Å². The summed E-state index contributed by atoms with van der Waals surface area (Å²) in [6.45, 7) is 3.17. The number of rotatable bonds is 47. The van der Waals surface area contributed by atoms with E-state index in [0.29, 0.717) is 176 Å². The molecule has 0 saturated carbocycles. The van der Waals surface area contributed by atoms with Gasteiger partial charge in [0.05, 0.1) is 48.4 Å². The first-order valence-corrected chi connectivity index (χ1v) is 43.6. The zero-order chi connectivity index (χ0) is 83.2. The molecule has 636 valence electrons. The Balaban J connectivity index is 0.000000265. The number of Topliss-reactive ketones (excluding diaryl/α,β-unsaturated/α-hetero) is 2. The van der Waals surface area contributed by atoms with Crippen LogP contribution in [0.2, 0.25) is 0 Å². The minimum absolute atomic E-state index is 0.0353. The van der Waals surface area contributed by atoms with Crippen LogP contribution < -0.4 is 71.2 Å². The summed E-state index contributed by atoms with van der Waals surface area (Å²) in [4.78, 5) is 162. The number of nitrogens with one attached hydrogen (secondary N) is 8. The predicted octanol–water partition coefficient (Wildman–Crippen LogP) is 8.57. The maximum Gasteiger partial charge on any atom is 0.471 e. The van der Waals surface area contributed by atoms with Gasteiger partial charge in [-0.1, -0.05) is 57.8 Å².